The van der Waals surface area contributed by atoms with Crippen LogP contribution >= 0.6 is 11.3 Å². The van der Waals surface area contributed by atoms with E-state index in [0.717, 1.165) is 23.0 Å². The Bertz CT molecular complexity index is 1260. The highest BCUT2D eigenvalue weighted by Crippen LogP contribution is 2.47. The summed E-state index contributed by atoms with van der Waals surface area (Å²) >= 11 is 0.972. The Balaban J connectivity index is 2.02. The van der Waals surface area contributed by atoms with Crippen molar-refractivity contribution in [2.45, 2.75) is 24.2 Å². The van der Waals surface area contributed by atoms with E-state index in [1.54, 1.807) is 0 Å². The van der Waals surface area contributed by atoms with Crippen molar-refractivity contribution in [3.8, 4) is 10.6 Å². The molecule has 1 aromatic carbocycles. The molecule has 36 heavy (non-hydrogen) atoms. The normalized spacial score (nSPS) is 14.4. The van der Waals surface area contributed by atoms with Crippen LogP contribution in [0.1, 0.15) is 0 Å². The summed E-state index contributed by atoms with van der Waals surface area (Å²) in [4.78, 5) is 5.18. The van der Waals surface area contributed by atoms with E-state index in [0.29, 0.717) is 25.7 Å². The SMILES string of the molecule is CN(CC(F)(F)C(F)(F)C(F)(F)F)c1ccc2nc3cc/c(=[N+](\CCF)CC(F)(F)F)cc-3sc2c1. The molecule has 198 valence electrons. The van der Waals surface area contributed by atoms with Gasteiger partial charge in [-0.2, -0.15) is 43.9 Å². The summed E-state index contributed by atoms with van der Waals surface area (Å²) < 4.78 is 144. The molecule has 15 heteroatoms. The molecule has 1 aliphatic carbocycles. The predicted molar refractivity (Wildman–Crippen MR) is 112 cm³/mol. The van der Waals surface area contributed by atoms with E-state index in [1.165, 1.54) is 36.4 Å². The maximum absolute atomic E-state index is 13.8. The van der Waals surface area contributed by atoms with E-state index in [-0.39, 0.29) is 11.0 Å². The van der Waals surface area contributed by atoms with Crippen LogP contribution in [0.2, 0.25) is 0 Å². The van der Waals surface area contributed by atoms with Crippen molar-refractivity contribution in [2.24, 2.45) is 0 Å². The standard InChI is InChI=1S/C21H17F11N3S/c1-34(10-18(23,24)20(28,29)21(30,31)32)12-2-4-14-16(8-12)36-17-9-13(3-5-15(17)33-14)35(7-6-22)11-19(25,26)27/h2-5,8-9H,6-7,10-11H2,1H3/q+1. The lowest BCUT2D eigenvalue weighted by Crippen LogP contribution is -2.56. The maximum atomic E-state index is 13.8. The van der Waals surface area contributed by atoms with Crippen LogP contribution in [0.15, 0.2) is 36.4 Å². The van der Waals surface area contributed by atoms with Crippen molar-refractivity contribution in [3.05, 3.63) is 41.8 Å². The highest BCUT2D eigenvalue weighted by atomic mass is 32.1. The fourth-order valence-electron chi connectivity index (χ4n) is 3.35. The molecule has 0 aromatic heterocycles. The van der Waals surface area contributed by atoms with Crippen LogP contribution in [0.5, 0.6) is 0 Å². The van der Waals surface area contributed by atoms with Gasteiger partial charge in [0.1, 0.15) is 6.67 Å². The molecule has 0 unspecified atom stereocenters. The van der Waals surface area contributed by atoms with E-state index in [9.17, 15) is 48.3 Å². The number of fused-ring (bicyclic) bond motifs is 2. The number of anilines is 1. The largest absolute Gasteiger partial charge is 0.459 e. The Labute approximate surface area is 200 Å². The lowest BCUT2D eigenvalue weighted by atomic mass is 10.1. The molecular formula is C21H17F11N3S+. The van der Waals surface area contributed by atoms with Gasteiger partial charge in [-0.1, -0.05) is 0 Å². The van der Waals surface area contributed by atoms with Gasteiger partial charge in [-0.3, -0.25) is 0 Å². The minimum atomic E-state index is -6.45. The van der Waals surface area contributed by atoms with E-state index in [4.69, 9.17) is 0 Å². The Kier molecular flexibility index (Phi) is 7.46. The summed E-state index contributed by atoms with van der Waals surface area (Å²) in [5.74, 6) is -11.7. The monoisotopic (exact) mass is 552 g/mol. The zero-order valence-electron chi connectivity index (χ0n) is 18.2. The van der Waals surface area contributed by atoms with Crippen LogP contribution < -0.4 is 14.8 Å². The highest BCUT2D eigenvalue weighted by Gasteiger charge is 2.73. The first-order chi connectivity index (χ1) is 16.4. The highest BCUT2D eigenvalue weighted by molar-refractivity contribution is 7.21. The molecule has 0 atom stereocenters. The number of benzene rings is 2. The number of hydrogen-bond acceptors (Lipinski definition) is 3. The molecule has 0 amide bonds. The van der Waals surface area contributed by atoms with E-state index in [2.05, 4.69) is 4.98 Å². The van der Waals surface area contributed by atoms with Crippen molar-refractivity contribution in [3.63, 3.8) is 0 Å². The molecule has 0 spiro atoms. The lowest BCUT2D eigenvalue weighted by molar-refractivity contribution is -0.351. The van der Waals surface area contributed by atoms with E-state index in [1.807, 2.05) is 0 Å². The van der Waals surface area contributed by atoms with Crippen molar-refractivity contribution >= 4 is 27.2 Å². The second-order valence-corrected chi connectivity index (χ2v) is 8.96. The quantitative estimate of drug-likeness (QED) is 0.204. The molecule has 1 heterocycles. The molecule has 0 bridgehead atoms. The summed E-state index contributed by atoms with van der Waals surface area (Å²) in [6.07, 6.45) is -11.1. The zero-order chi connectivity index (χ0) is 27.1. The van der Waals surface area contributed by atoms with Crippen LogP contribution in [-0.2, 0) is 0 Å². The van der Waals surface area contributed by atoms with Crippen LogP contribution in [0.3, 0.4) is 0 Å². The average molecular weight is 552 g/mol. The Morgan fingerprint density at radius 2 is 1.58 bits per heavy atom. The second-order valence-electron chi connectivity index (χ2n) is 7.88. The fourth-order valence-corrected chi connectivity index (χ4v) is 4.38. The van der Waals surface area contributed by atoms with Crippen LogP contribution in [0.25, 0.3) is 20.8 Å². The molecule has 1 aromatic rings. The van der Waals surface area contributed by atoms with Crippen LogP contribution in [0.4, 0.5) is 54.0 Å². The first kappa shape index (κ1) is 27.9. The number of aromatic nitrogens is 1. The average Bonchev–Trinajstić information content (AvgIpc) is 2.74. The third kappa shape index (κ3) is 5.81. The number of rotatable bonds is 7. The van der Waals surface area contributed by atoms with Gasteiger partial charge >= 0.3 is 24.2 Å². The van der Waals surface area contributed by atoms with Gasteiger partial charge in [-0.15, -0.1) is 11.3 Å². The Hall–Kier alpha value is -2.71. The van der Waals surface area contributed by atoms with Crippen molar-refractivity contribution in [1.29, 1.82) is 0 Å². The number of hydrogen-bond donors (Lipinski definition) is 0. The first-order valence-electron chi connectivity index (χ1n) is 10.0. The smallest absolute Gasteiger partial charge is 0.368 e. The number of alkyl halides is 11. The summed E-state index contributed by atoms with van der Waals surface area (Å²) in [6.45, 7) is -4.92. The summed E-state index contributed by atoms with van der Waals surface area (Å²) in [7, 11) is 0.907. The maximum Gasteiger partial charge on any atom is 0.459 e. The summed E-state index contributed by atoms with van der Waals surface area (Å²) in [6, 6.07) is 7.86. The fraction of sp³-hybridized carbons (Fsp3) is 0.429. The van der Waals surface area contributed by atoms with Crippen molar-refractivity contribution in [2.75, 3.05) is 38.3 Å². The van der Waals surface area contributed by atoms with Gasteiger partial charge in [0.15, 0.2) is 6.54 Å². The third-order valence-corrected chi connectivity index (χ3v) is 6.22. The van der Waals surface area contributed by atoms with E-state index < -0.39 is 50.5 Å². The third-order valence-electron chi connectivity index (χ3n) is 5.13. The lowest BCUT2D eigenvalue weighted by Gasteiger charge is -2.32. The Morgan fingerprint density at radius 3 is 2.17 bits per heavy atom. The number of nitrogens with zero attached hydrogens (tertiary/aromatic N) is 3. The van der Waals surface area contributed by atoms with Crippen LogP contribution in [-0.4, -0.2) is 62.5 Å². The predicted octanol–water partition coefficient (Wildman–Crippen LogP) is 5.97. The first-order valence-corrected chi connectivity index (χ1v) is 10.9. The zero-order valence-corrected chi connectivity index (χ0v) is 19.0. The topological polar surface area (TPSA) is 19.1 Å². The molecule has 3 nitrogen and oxygen atoms in total. The van der Waals surface area contributed by atoms with Gasteiger partial charge in [0, 0.05) is 24.9 Å². The molecular weight excluding hydrogens is 535 g/mol. The van der Waals surface area contributed by atoms with Crippen molar-refractivity contribution < 1.29 is 48.3 Å². The molecule has 0 radical (unpaired) electrons. The molecule has 0 saturated carbocycles. The van der Waals surface area contributed by atoms with Gasteiger partial charge < -0.3 is 4.90 Å². The van der Waals surface area contributed by atoms with Crippen LogP contribution in [0, 0.1) is 0 Å². The van der Waals surface area contributed by atoms with Gasteiger partial charge in [-0.05, 0) is 24.3 Å². The van der Waals surface area contributed by atoms with Gasteiger partial charge in [0.2, 0.25) is 11.9 Å². The van der Waals surface area contributed by atoms with Gasteiger partial charge in [0.25, 0.3) is 0 Å². The van der Waals surface area contributed by atoms with Gasteiger partial charge in [-0.25, -0.2) is 13.9 Å². The van der Waals surface area contributed by atoms with Gasteiger partial charge in [0.05, 0.1) is 27.3 Å². The molecule has 3 rings (SSSR count). The Morgan fingerprint density at radius 1 is 0.917 bits per heavy atom. The molecule has 0 N–H and O–H groups in total. The molecule has 0 saturated heterocycles. The molecule has 0 fully saturated rings. The molecule has 2 aliphatic rings. The molecule has 1 aliphatic heterocycles. The number of halogens is 11. The summed E-state index contributed by atoms with van der Waals surface area (Å²) in [5.41, 5.74) is 0.562. The minimum absolute atomic E-state index is 0.0529. The summed E-state index contributed by atoms with van der Waals surface area (Å²) in [5, 5.41) is 0.0529. The van der Waals surface area contributed by atoms with Crippen molar-refractivity contribution in [1.82, 2.24) is 9.56 Å². The van der Waals surface area contributed by atoms with E-state index >= 15 is 0 Å². The minimum Gasteiger partial charge on any atom is -0.368 e. The second kappa shape index (κ2) is 9.63.